The van der Waals surface area contributed by atoms with Crippen LogP contribution in [-0.4, -0.2) is 37.7 Å². The molecule has 17 heavy (non-hydrogen) atoms. The molecule has 0 aliphatic heterocycles. The van der Waals surface area contributed by atoms with Crippen LogP contribution in [0.25, 0.3) is 0 Å². The fourth-order valence-corrected chi connectivity index (χ4v) is 3.66. The quantitative estimate of drug-likeness (QED) is 0.839. The maximum absolute atomic E-state index is 5.93. The summed E-state index contributed by atoms with van der Waals surface area (Å²) in [5, 5.41) is 0. The molecule has 2 atom stereocenters. The minimum absolute atomic E-state index is 0.279. The fraction of sp³-hybridized carbons (Fsp3) is 0.667. The predicted octanol–water partition coefficient (Wildman–Crippen LogP) is 2.87. The highest BCUT2D eigenvalue weighted by Crippen LogP contribution is 2.31. The van der Waals surface area contributed by atoms with E-state index in [9.17, 15) is 0 Å². The van der Waals surface area contributed by atoms with Crippen LogP contribution in [0.2, 0.25) is 0 Å². The number of likely N-dealkylation sites (N-methyl/N-ethyl adjacent to an activating group) is 1. The van der Waals surface area contributed by atoms with Gasteiger partial charge in [-0.2, -0.15) is 0 Å². The summed E-state index contributed by atoms with van der Waals surface area (Å²) in [5.41, 5.74) is 5.93. The van der Waals surface area contributed by atoms with Crippen LogP contribution in [-0.2, 0) is 4.74 Å². The van der Waals surface area contributed by atoms with Crippen molar-refractivity contribution in [1.29, 1.82) is 0 Å². The van der Waals surface area contributed by atoms with E-state index in [1.54, 1.807) is 18.4 Å². The Hall–Kier alpha value is 0.0600. The molecule has 0 aromatic carbocycles. The van der Waals surface area contributed by atoms with E-state index in [0.29, 0.717) is 12.6 Å². The van der Waals surface area contributed by atoms with Crippen LogP contribution in [0.15, 0.2) is 15.9 Å². The highest BCUT2D eigenvalue weighted by Gasteiger charge is 2.23. The summed E-state index contributed by atoms with van der Waals surface area (Å²) in [6.07, 6.45) is 0. The summed E-state index contributed by atoms with van der Waals surface area (Å²) in [7, 11) is 1.74. The second-order valence-electron chi connectivity index (χ2n) is 4.03. The Morgan fingerprint density at radius 1 is 1.53 bits per heavy atom. The van der Waals surface area contributed by atoms with Gasteiger partial charge in [0.05, 0.1) is 16.4 Å². The van der Waals surface area contributed by atoms with Gasteiger partial charge in [-0.1, -0.05) is 6.92 Å². The first-order valence-corrected chi connectivity index (χ1v) is 7.44. The maximum atomic E-state index is 5.93. The molecule has 0 radical (unpaired) electrons. The van der Waals surface area contributed by atoms with Crippen molar-refractivity contribution < 1.29 is 4.74 Å². The number of nitrogens with two attached hydrogens (primary N) is 1. The third kappa shape index (κ3) is 4.03. The van der Waals surface area contributed by atoms with Crippen LogP contribution < -0.4 is 5.73 Å². The number of ether oxygens (including phenoxy) is 1. The monoisotopic (exact) mass is 320 g/mol. The number of hydrogen-bond donors (Lipinski definition) is 1. The second-order valence-corrected chi connectivity index (χ2v) is 6.52. The molecule has 0 spiro atoms. The molecule has 5 heteroatoms. The van der Waals surface area contributed by atoms with Gasteiger partial charge < -0.3 is 10.5 Å². The Labute approximate surface area is 116 Å². The molecule has 0 saturated heterocycles. The average molecular weight is 321 g/mol. The van der Waals surface area contributed by atoms with Crippen LogP contribution in [0.1, 0.15) is 24.8 Å². The van der Waals surface area contributed by atoms with Crippen molar-refractivity contribution in [2.45, 2.75) is 25.9 Å². The van der Waals surface area contributed by atoms with Crippen molar-refractivity contribution in [3.05, 3.63) is 20.8 Å². The van der Waals surface area contributed by atoms with Crippen LogP contribution in [0.3, 0.4) is 0 Å². The topological polar surface area (TPSA) is 38.5 Å². The van der Waals surface area contributed by atoms with Crippen LogP contribution in [0.5, 0.6) is 0 Å². The lowest BCUT2D eigenvalue weighted by Gasteiger charge is -2.34. The van der Waals surface area contributed by atoms with E-state index in [4.69, 9.17) is 10.5 Å². The minimum Gasteiger partial charge on any atom is -0.383 e. The van der Waals surface area contributed by atoms with E-state index in [-0.39, 0.29) is 6.04 Å². The summed E-state index contributed by atoms with van der Waals surface area (Å²) >= 11 is 5.26. The van der Waals surface area contributed by atoms with Crippen molar-refractivity contribution in [2.75, 3.05) is 26.8 Å². The summed E-state index contributed by atoms with van der Waals surface area (Å²) in [6, 6.07) is 4.88. The van der Waals surface area contributed by atoms with Gasteiger partial charge in [0.1, 0.15) is 0 Å². The molecule has 1 aromatic rings. The molecule has 1 rings (SSSR count). The molecule has 2 unspecified atom stereocenters. The predicted molar refractivity (Wildman–Crippen MR) is 77.5 cm³/mol. The zero-order valence-electron chi connectivity index (χ0n) is 10.6. The van der Waals surface area contributed by atoms with Crippen molar-refractivity contribution >= 4 is 27.3 Å². The smallest absolute Gasteiger partial charge is 0.0702 e. The minimum atomic E-state index is 0.279. The lowest BCUT2D eigenvalue weighted by Crippen LogP contribution is -2.41. The molecule has 98 valence electrons. The number of methoxy groups -OCH3 is 1. The van der Waals surface area contributed by atoms with E-state index in [1.807, 2.05) is 0 Å². The summed E-state index contributed by atoms with van der Waals surface area (Å²) in [5.74, 6) is 0. The Morgan fingerprint density at radius 3 is 2.65 bits per heavy atom. The molecular weight excluding hydrogens is 300 g/mol. The first-order chi connectivity index (χ1) is 8.13. The van der Waals surface area contributed by atoms with Gasteiger partial charge in [-0.05, 0) is 41.5 Å². The standard InChI is InChI=1S/C12H21BrN2OS/c1-4-15(9(2)8-16-3)10(7-14)11-5-6-12(13)17-11/h5-6,9-10H,4,7-8,14H2,1-3H3. The van der Waals surface area contributed by atoms with Crippen LogP contribution in [0, 0.1) is 0 Å². The normalized spacial score (nSPS) is 15.2. The van der Waals surface area contributed by atoms with Gasteiger partial charge in [0.25, 0.3) is 0 Å². The molecular formula is C12H21BrN2OS. The molecule has 1 aromatic heterocycles. The second kappa shape index (κ2) is 7.48. The van der Waals surface area contributed by atoms with Crippen LogP contribution in [0.4, 0.5) is 0 Å². The van der Waals surface area contributed by atoms with Gasteiger partial charge in [-0.3, -0.25) is 4.90 Å². The Morgan fingerprint density at radius 2 is 2.24 bits per heavy atom. The van der Waals surface area contributed by atoms with E-state index in [0.717, 1.165) is 16.9 Å². The van der Waals surface area contributed by atoms with Crippen LogP contribution >= 0.6 is 27.3 Å². The number of thiophene rings is 1. The first kappa shape index (κ1) is 15.1. The summed E-state index contributed by atoms with van der Waals surface area (Å²) in [4.78, 5) is 3.70. The first-order valence-electron chi connectivity index (χ1n) is 5.84. The third-order valence-corrected chi connectivity index (χ3v) is 4.61. The van der Waals surface area contributed by atoms with E-state index in [1.165, 1.54) is 4.88 Å². The Bertz CT molecular complexity index is 332. The summed E-state index contributed by atoms with van der Waals surface area (Å²) < 4.78 is 6.39. The molecule has 0 bridgehead atoms. The molecule has 3 nitrogen and oxygen atoms in total. The number of rotatable bonds is 7. The van der Waals surface area contributed by atoms with E-state index < -0.39 is 0 Å². The number of halogens is 1. The highest BCUT2D eigenvalue weighted by atomic mass is 79.9. The largest absolute Gasteiger partial charge is 0.383 e. The molecule has 1 heterocycles. The van der Waals surface area contributed by atoms with Crippen molar-refractivity contribution in [2.24, 2.45) is 5.73 Å². The molecule has 0 aliphatic carbocycles. The van der Waals surface area contributed by atoms with Crippen molar-refractivity contribution in [3.8, 4) is 0 Å². The molecule has 0 amide bonds. The molecule has 0 aliphatic rings. The average Bonchev–Trinajstić information content (AvgIpc) is 2.72. The SMILES string of the molecule is CCN(C(C)COC)C(CN)c1ccc(Br)s1. The molecule has 0 saturated carbocycles. The molecule has 0 fully saturated rings. The summed E-state index contributed by atoms with van der Waals surface area (Å²) in [6.45, 7) is 6.68. The highest BCUT2D eigenvalue weighted by molar-refractivity contribution is 9.11. The maximum Gasteiger partial charge on any atom is 0.0702 e. The van der Waals surface area contributed by atoms with Gasteiger partial charge in [-0.15, -0.1) is 11.3 Å². The van der Waals surface area contributed by atoms with Gasteiger partial charge in [0, 0.05) is 24.6 Å². The van der Waals surface area contributed by atoms with Gasteiger partial charge in [0.15, 0.2) is 0 Å². The Kier molecular flexibility index (Phi) is 6.66. The fourth-order valence-electron chi connectivity index (χ4n) is 2.10. The lowest BCUT2D eigenvalue weighted by atomic mass is 10.1. The lowest BCUT2D eigenvalue weighted by molar-refractivity contribution is 0.0762. The van der Waals surface area contributed by atoms with E-state index >= 15 is 0 Å². The number of hydrogen-bond acceptors (Lipinski definition) is 4. The van der Waals surface area contributed by atoms with Crippen molar-refractivity contribution in [3.63, 3.8) is 0 Å². The van der Waals surface area contributed by atoms with Gasteiger partial charge >= 0.3 is 0 Å². The van der Waals surface area contributed by atoms with Crippen molar-refractivity contribution in [1.82, 2.24) is 4.90 Å². The Balaban J connectivity index is 2.83. The zero-order valence-corrected chi connectivity index (χ0v) is 13.1. The van der Waals surface area contributed by atoms with Gasteiger partial charge in [-0.25, -0.2) is 0 Å². The third-order valence-electron chi connectivity index (χ3n) is 2.89. The zero-order chi connectivity index (χ0) is 12.8. The van der Waals surface area contributed by atoms with E-state index in [2.05, 4.69) is 46.8 Å². The number of nitrogens with zero attached hydrogens (tertiary/aromatic N) is 1. The molecule has 2 N–H and O–H groups in total. The van der Waals surface area contributed by atoms with Gasteiger partial charge in [0.2, 0.25) is 0 Å².